The number of hydrogen-bond donors (Lipinski definition) is 0. The van der Waals surface area contributed by atoms with Gasteiger partial charge in [0.25, 0.3) is 0 Å². The van der Waals surface area contributed by atoms with Gasteiger partial charge in [-0.2, -0.15) is 0 Å². The van der Waals surface area contributed by atoms with Crippen molar-refractivity contribution in [2.75, 3.05) is 0 Å². The molecule has 23 heavy (non-hydrogen) atoms. The molecule has 0 aliphatic carbocycles. The van der Waals surface area contributed by atoms with E-state index < -0.39 is 47.9 Å². The number of carbonyl (C=O) groups excluding carboxylic acids is 6. The van der Waals surface area contributed by atoms with E-state index in [1.54, 1.807) is 0 Å². The molecule has 0 fully saturated rings. The SMILES string of the molecule is CC(=O)CC(=O)C(=O)[O-].CC(=O)CC(=O)C(=O)[O-].O.O.O.O.[Ni+2]. The van der Waals surface area contributed by atoms with Gasteiger partial charge in [0.15, 0.2) is 11.6 Å². The first-order chi connectivity index (χ1) is 8.07. The monoisotopic (exact) mass is 388 g/mol. The van der Waals surface area contributed by atoms with Crippen molar-refractivity contribution in [3.8, 4) is 0 Å². The molecule has 0 rings (SSSR count). The van der Waals surface area contributed by atoms with Crippen LogP contribution in [0.1, 0.15) is 26.7 Å². The molecule has 0 aliphatic rings. The molecular formula is C10H18NiO12. The van der Waals surface area contributed by atoms with Gasteiger partial charge in [0.2, 0.25) is 0 Å². The third kappa shape index (κ3) is 33.0. The van der Waals surface area contributed by atoms with Gasteiger partial charge in [0.05, 0.1) is 12.8 Å². The summed E-state index contributed by atoms with van der Waals surface area (Å²) in [5, 5.41) is 19.2. The standard InChI is InChI=1S/2C5H6O4.Ni.4H2O/c2*1-3(6)2-4(7)5(8)9;;;;;/h2*2H2,1H3,(H,8,9);;4*1H2/q;;+2;;;;/p-2. The number of Topliss-reactive ketones (excluding diaryl/α,β-unsaturated/α-hetero) is 4. The molecule has 0 saturated heterocycles. The van der Waals surface area contributed by atoms with E-state index in [2.05, 4.69) is 0 Å². The predicted molar refractivity (Wildman–Crippen MR) is 65.1 cm³/mol. The summed E-state index contributed by atoms with van der Waals surface area (Å²) < 4.78 is 0. The van der Waals surface area contributed by atoms with Gasteiger partial charge in [-0.25, -0.2) is 0 Å². The molecule has 0 aromatic heterocycles. The second-order valence-corrected chi connectivity index (χ2v) is 3.18. The summed E-state index contributed by atoms with van der Waals surface area (Å²) in [4.78, 5) is 59.5. The van der Waals surface area contributed by atoms with Crippen LogP contribution in [0.2, 0.25) is 0 Å². The normalized spacial score (nSPS) is 6.70. The van der Waals surface area contributed by atoms with E-state index in [4.69, 9.17) is 0 Å². The van der Waals surface area contributed by atoms with Gasteiger partial charge in [-0.15, -0.1) is 0 Å². The molecule has 0 amide bonds. The van der Waals surface area contributed by atoms with Gasteiger partial charge in [0.1, 0.15) is 23.5 Å². The Bertz CT molecular complexity index is 365. The predicted octanol–water partition coefficient (Wildman–Crippen LogP) is -6.73. The fraction of sp³-hybridized carbons (Fsp3) is 0.400. The van der Waals surface area contributed by atoms with Crippen LogP contribution < -0.4 is 10.2 Å². The Kier molecular flexibility index (Phi) is 41.4. The third-order valence-electron chi connectivity index (χ3n) is 1.27. The molecule has 0 saturated carbocycles. The van der Waals surface area contributed by atoms with Gasteiger partial charge >= 0.3 is 16.5 Å². The minimum Gasteiger partial charge on any atom is -0.542 e. The molecule has 0 aliphatic heterocycles. The summed E-state index contributed by atoms with van der Waals surface area (Å²) in [6.07, 6.45) is -1.13. The van der Waals surface area contributed by atoms with Crippen LogP contribution >= 0.6 is 0 Å². The molecule has 0 aromatic rings. The zero-order valence-electron chi connectivity index (χ0n) is 12.0. The maximum Gasteiger partial charge on any atom is 2.00 e. The minimum atomic E-state index is -1.80. The van der Waals surface area contributed by atoms with Crippen LogP contribution in [-0.2, 0) is 45.3 Å². The van der Waals surface area contributed by atoms with Gasteiger partial charge in [-0.1, -0.05) is 0 Å². The topological polar surface area (TPSA) is 275 Å². The summed E-state index contributed by atoms with van der Waals surface area (Å²) in [6, 6.07) is 0. The van der Waals surface area contributed by atoms with Crippen molar-refractivity contribution in [2.24, 2.45) is 0 Å². The van der Waals surface area contributed by atoms with Crippen molar-refractivity contribution >= 4 is 35.1 Å². The van der Waals surface area contributed by atoms with Crippen molar-refractivity contribution in [1.29, 1.82) is 0 Å². The molecular weight excluding hydrogens is 371 g/mol. The molecule has 0 atom stereocenters. The number of carboxylic acids is 2. The average Bonchev–Trinajstić information content (AvgIpc) is 2.16. The van der Waals surface area contributed by atoms with E-state index in [1.807, 2.05) is 0 Å². The van der Waals surface area contributed by atoms with Crippen LogP contribution in [0.25, 0.3) is 0 Å². The molecule has 0 heterocycles. The van der Waals surface area contributed by atoms with Crippen molar-refractivity contribution in [1.82, 2.24) is 0 Å². The van der Waals surface area contributed by atoms with E-state index >= 15 is 0 Å². The van der Waals surface area contributed by atoms with E-state index in [0.29, 0.717) is 0 Å². The molecule has 140 valence electrons. The molecule has 0 radical (unpaired) electrons. The maximum atomic E-state index is 10.1. The molecule has 0 spiro atoms. The molecule has 12 nitrogen and oxygen atoms in total. The Balaban J connectivity index is -0.0000000366. The summed E-state index contributed by atoms with van der Waals surface area (Å²) in [7, 11) is 0. The van der Waals surface area contributed by atoms with Gasteiger partial charge in [0, 0.05) is 0 Å². The zero-order chi connectivity index (χ0) is 14.9. The summed E-state index contributed by atoms with van der Waals surface area (Å²) >= 11 is 0. The van der Waals surface area contributed by atoms with Crippen LogP contribution in [-0.4, -0.2) is 57.0 Å². The average molecular weight is 389 g/mol. The second-order valence-electron chi connectivity index (χ2n) is 3.18. The third-order valence-corrected chi connectivity index (χ3v) is 1.27. The van der Waals surface area contributed by atoms with E-state index in [0.717, 1.165) is 13.8 Å². The Labute approximate surface area is 140 Å². The number of carboxylic acid groups (broad SMARTS) is 2. The first-order valence-corrected chi connectivity index (χ1v) is 4.55. The van der Waals surface area contributed by atoms with Crippen molar-refractivity contribution in [2.45, 2.75) is 26.7 Å². The fourth-order valence-electron chi connectivity index (χ4n) is 0.597. The smallest absolute Gasteiger partial charge is 0.542 e. The fourth-order valence-corrected chi connectivity index (χ4v) is 0.597. The largest absolute Gasteiger partial charge is 2.00 e. The van der Waals surface area contributed by atoms with E-state index in [9.17, 15) is 39.0 Å². The van der Waals surface area contributed by atoms with Crippen LogP contribution in [0.5, 0.6) is 0 Å². The van der Waals surface area contributed by atoms with Crippen LogP contribution in [0.4, 0.5) is 0 Å². The van der Waals surface area contributed by atoms with Crippen molar-refractivity contribution < 1.29 is 77.4 Å². The molecule has 0 aromatic carbocycles. The van der Waals surface area contributed by atoms with Crippen molar-refractivity contribution in [3.63, 3.8) is 0 Å². The Hall–Kier alpha value is -2.05. The Morgan fingerprint density at radius 1 is 0.609 bits per heavy atom. The first-order valence-electron chi connectivity index (χ1n) is 4.55. The van der Waals surface area contributed by atoms with Gasteiger partial charge < -0.3 is 41.7 Å². The number of rotatable bonds is 6. The quantitative estimate of drug-likeness (QED) is 0.238. The van der Waals surface area contributed by atoms with Crippen LogP contribution in [0.3, 0.4) is 0 Å². The maximum absolute atomic E-state index is 10.1. The zero-order valence-corrected chi connectivity index (χ0v) is 13.0. The summed E-state index contributed by atoms with van der Waals surface area (Å²) in [6.45, 7) is 2.28. The Morgan fingerprint density at radius 3 is 0.826 bits per heavy atom. The van der Waals surface area contributed by atoms with Gasteiger partial charge in [-0.3, -0.25) is 19.2 Å². The summed E-state index contributed by atoms with van der Waals surface area (Å²) in [5.41, 5.74) is 0. The van der Waals surface area contributed by atoms with Crippen LogP contribution in [0, 0.1) is 0 Å². The minimum absolute atomic E-state index is 0. The number of ketones is 4. The second kappa shape index (κ2) is 22.2. The number of hydrogen-bond acceptors (Lipinski definition) is 8. The van der Waals surface area contributed by atoms with E-state index in [1.165, 1.54) is 0 Å². The Morgan fingerprint density at radius 2 is 0.783 bits per heavy atom. The molecule has 8 N–H and O–H groups in total. The number of carbonyl (C=O) groups is 6. The molecule has 0 unspecified atom stereocenters. The first kappa shape index (κ1) is 42.8. The van der Waals surface area contributed by atoms with Crippen molar-refractivity contribution in [3.05, 3.63) is 0 Å². The number of aliphatic carboxylic acids is 2. The van der Waals surface area contributed by atoms with Crippen LogP contribution in [0.15, 0.2) is 0 Å². The molecule has 13 heteroatoms. The summed E-state index contributed by atoms with van der Waals surface area (Å²) in [5.74, 6) is -6.87. The van der Waals surface area contributed by atoms with E-state index in [-0.39, 0.29) is 38.4 Å². The van der Waals surface area contributed by atoms with Gasteiger partial charge in [-0.05, 0) is 13.8 Å². The molecule has 0 bridgehead atoms.